The van der Waals surface area contributed by atoms with E-state index in [2.05, 4.69) is 29.3 Å². The summed E-state index contributed by atoms with van der Waals surface area (Å²) in [6.07, 6.45) is 6.28. The molecule has 1 atom stereocenters. The summed E-state index contributed by atoms with van der Waals surface area (Å²) in [6, 6.07) is 6.17. The zero-order valence-electron chi connectivity index (χ0n) is 17.6. The van der Waals surface area contributed by atoms with E-state index >= 15 is 0 Å². The largest absolute Gasteiger partial charge is 0.493 e. The van der Waals surface area contributed by atoms with Crippen molar-refractivity contribution in [1.82, 2.24) is 10.2 Å². The Morgan fingerprint density at radius 3 is 2.71 bits per heavy atom. The summed E-state index contributed by atoms with van der Waals surface area (Å²) in [7, 11) is 3.48. The number of guanidine groups is 1. The molecule has 0 aromatic heterocycles. The third-order valence-electron chi connectivity index (χ3n) is 5.56. The number of rotatable bonds is 8. The molecule has 0 radical (unpaired) electrons. The minimum absolute atomic E-state index is 0.327. The van der Waals surface area contributed by atoms with Gasteiger partial charge in [-0.05, 0) is 56.7 Å². The van der Waals surface area contributed by atoms with Crippen molar-refractivity contribution in [1.29, 1.82) is 0 Å². The molecular weight excluding hydrogens is 354 g/mol. The second-order valence-corrected chi connectivity index (χ2v) is 7.74. The maximum Gasteiger partial charge on any atom is 0.194 e. The topological polar surface area (TPSA) is 55.3 Å². The molecule has 28 heavy (non-hydrogen) atoms. The number of nitrogens with one attached hydrogen (secondary N) is 1. The van der Waals surface area contributed by atoms with Gasteiger partial charge in [-0.1, -0.05) is 6.07 Å². The number of hydrogen-bond donors (Lipinski definition) is 1. The molecule has 0 spiro atoms. The SMILES string of the molecule is CCNC(=NCc1ccc(OC2CCCC2)c(OC)c1)N1CCC(COC)C1. The van der Waals surface area contributed by atoms with Crippen molar-refractivity contribution < 1.29 is 14.2 Å². The predicted octanol–water partition coefficient (Wildman–Crippen LogP) is 3.45. The lowest BCUT2D eigenvalue weighted by atomic mass is 10.1. The van der Waals surface area contributed by atoms with E-state index in [-0.39, 0.29) is 0 Å². The quantitative estimate of drug-likeness (QED) is 0.545. The number of methoxy groups -OCH3 is 2. The molecule has 1 saturated carbocycles. The first-order valence-electron chi connectivity index (χ1n) is 10.6. The minimum atomic E-state index is 0.327. The van der Waals surface area contributed by atoms with Crippen molar-refractivity contribution in [3.05, 3.63) is 23.8 Å². The van der Waals surface area contributed by atoms with Gasteiger partial charge in [0, 0.05) is 32.7 Å². The Hall–Kier alpha value is -1.95. The molecule has 0 amide bonds. The molecule has 6 nitrogen and oxygen atoms in total. The predicted molar refractivity (Wildman–Crippen MR) is 112 cm³/mol. The van der Waals surface area contributed by atoms with Crippen LogP contribution < -0.4 is 14.8 Å². The van der Waals surface area contributed by atoms with Crippen LogP contribution in [0.4, 0.5) is 0 Å². The van der Waals surface area contributed by atoms with E-state index in [4.69, 9.17) is 19.2 Å². The summed E-state index contributed by atoms with van der Waals surface area (Å²) in [4.78, 5) is 7.20. The first-order chi connectivity index (χ1) is 13.7. The fourth-order valence-electron chi connectivity index (χ4n) is 4.08. The van der Waals surface area contributed by atoms with Crippen LogP contribution in [0.1, 0.15) is 44.6 Å². The molecule has 3 rings (SSSR count). The van der Waals surface area contributed by atoms with Gasteiger partial charge in [-0.15, -0.1) is 0 Å². The van der Waals surface area contributed by atoms with Crippen molar-refractivity contribution in [3.63, 3.8) is 0 Å². The Morgan fingerprint density at radius 1 is 1.18 bits per heavy atom. The second kappa shape index (κ2) is 10.6. The summed E-state index contributed by atoms with van der Waals surface area (Å²) in [5, 5.41) is 3.42. The summed E-state index contributed by atoms with van der Waals surface area (Å²) >= 11 is 0. The highest BCUT2D eigenvalue weighted by molar-refractivity contribution is 5.80. The maximum atomic E-state index is 6.14. The Labute approximate surface area is 169 Å². The summed E-state index contributed by atoms with van der Waals surface area (Å²) < 4.78 is 17.0. The average Bonchev–Trinajstić information content (AvgIpc) is 3.38. The van der Waals surface area contributed by atoms with Gasteiger partial charge in [0.1, 0.15) is 0 Å². The van der Waals surface area contributed by atoms with Crippen LogP contribution in [-0.4, -0.2) is 57.4 Å². The van der Waals surface area contributed by atoms with Crippen molar-refractivity contribution >= 4 is 5.96 Å². The molecule has 1 N–H and O–H groups in total. The van der Waals surface area contributed by atoms with Crippen LogP contribution in [0.3, 0.4) is 0 Å². The zero-order valence-corrected chi connectivity index (χ0v) is 17.6. The molecule has 1 aromatic carbocycles. The molecule has 1 aliphatic heterocycles. The number of likely N-dealkylation sites (tertiary alicyclic amines) is 1. The van der Waals surface area contributed by atoms with Crippen molar-refractivity contribution in [2.75, 3.05) is 40.5 Å². The number of benzene rings is 1. The molecule has 1 heterocycles. The summed E-state index contributed by atoms with van der Waals surface area (Å²) in [6.45, 7) is 6.43. The first kappa shape index (κ1) is 20.8. The third-order valence-corrected chi connectivity index (χ3v) is 5.56. The highest BCUT2D eigenvalue weighted by Gasteiger charge is 2.24. The van der Waals surface area contributed by atoms with Gasteiger partial charge in [0.05, 0.1) is 26.4 Å². The smallest absolute Gasteiger partial charge is 0.194 e. The lowest BCUT2D eigenvalue weighted by Crippen LogP contribution is -2.40. The van der Waals surface area contributed by atoms with E-state index in [0.717, 1.165) is 68.5 Å². The van der Waals surface area contributed by atoms with Gasteiger partial charge in [-0.25, -0.2) is 4.99 Å². The van der Waals surface area contributed by atoms with Gasteiger partial charge in [0.2, 0.25) is 0 Å². The highest BCUT2D eigenvalue weighted by atomic mass is 16.5. The monoisotopic (exact) mass is 389 g/mol. The van der Waals surface area contributed by atoms with Crippen LogP contribution in [0, 0.1) is 5.92 Å². The molecule has 2 aliphatic rings. The molecule has 0 bridgehead atoms. The number of hydrogen-bond acceptors (Lipinski definition) is 4. The Balaban J connectivity index is 1.64. The van der Waals surface area contributed by atoms with E-state index < -0.39 is 0 Å². The average molecular weight is 390 g/mol. The van der Waals surface area contributed by atoms with Crippen LogP contribution in [0.2, 0.25) is 0 Å². The molecule has 2 fully saturated rings. The normalized spacial score (nSPS) is 20.6. The van der Waals surface area contributed by atoms with E-state index in [9.17, 15) is 0 Å². The molecule has 1 saturated heterocycles. The van der Waals surface area contributed by atoms with Gasteiger partial charge in [-0.2, -0.15) is 0 Å². The maximum absolute atomic E-state index is 6.14. The fourth-order valence-corrected chi connectivity index (χ4v) is 4.08. The van der Waals surface area contributed by atoms with E-state index in [0.29, 0.717) is 18.6 Å². The number of ether oxygens (including phenoxy) is 3. The molecule has 1 aliphatic carbocycles. The lowest BCUT2D eigenvalue weighted by Gasteiger charge is -2.22. The fraction of sp³-hybridized carbons (Fsp3) is 0.682. The second-order valence-electron chi connectivity index (χ2n) is 7.74. The summed E-state index contributed by atoms with van der Waals surface area (Å²) in [5.41, 5.74) is 1.12. The van der Waals surface area contributed by atoms with Crippen LogP contribution in [0.15, 0.2) is 23.2 Å². The zero-order chi connectivity index (χ0) is 19.8. The number of nitrogens with zero attached hydrogens (tertiary/aromatic N) is 2. The van der Waals surface area contributed by atoms with Gasteiger partial charge < -0.3 is 24.4 Å². The molecule has 1 unspecified atom stereocenters. The van der Waals surface area contributed by atoms with E-state index in [1.165, 1.54) is 12.8 Å². The molecule has 6 heteroatoms. The number of aliphatic imine (C=N–C) groups is 1. The van der Waals surface area contributed by atoms with Gasteiger partial charge >= 0.3 is 0 Å². The lowest BCUT2D eigenvalue weighted by molar-refractivity contribution is 0.157. The van der Waals surface area contributed by atoms with Crippen LogP contribution in [0.25, 0.3) is 0 Å². The van der Waals surface area contributed by atoms with Gasteiger partial charge in [0.25, 0.3) is 0 Å². The molecule has 1 aromatic rings. The van der Waals surface area contributed by atoms with Crippen LogP contribution >= 0.6 is 0 Å². The van der Waals surface area contributed by atoms with Gasteiger partial charge in [-0.3, -0.25) is 0 Å². The Bertz CT molecular complexity index is 644. The van der Waals surface area contributed by atoms with E-state index in [1.807, 2.05) is 6.07 Å². The Morgan fingerprint density at radius 2 is 2.00 bits per heavy atom. The third kappa shape index (κ3) is 5.53. The van der Waals surface area contributed by atoms with Crippen LogP contribution in [0.5, 0.6) is 11.5 Å². The summed E-state index contributed by atoms with van der Waals surface area (Å²) in [5.74, 6) is 3.20. The van der Waals surface area contributed by atoms with E-state index in [1.54, 1.807) is 14.2 Å². The minimum Gasteiger partial charge on any atom is -0.493 e. The standard InChI is InChI=1S/C22H35N3O3/c1-4-23-22(25-12-11-18(15-25)16-26-2)24-14-17-9-10-20(21(13-17)27-3)28-19-7-5-6-8-19/h9-10,13,18-19H,4-8,11-12,14-16H2,1-3H3,(H,23,24). The van der Waals surface area contributed by atoms with Crippen molar-refractivity contribution in [2.24, 2.45) is 10.9 Å². The van der Waals surface area contributed by atoms with Crippen LogP contribution in [-0.2, 0) is 11.3 Å². The Kier molecular flexibility index (Phi) is 7.83. The molecule has 156 valence electrons. The highest BCUT2D eigenvalue weighted by Crippen LogP contribution is 2.32. The van der Waals surface area contributed by atoms with Crippen molar-refractivity contribution in [3.8, 4) is 11.5 Å². The molecular formula is C22H35N3O3. The van der Waals surface area contributed by atoms with Crippen molar-refractivity contribution in [2.45, 2.75) is 51.7 Å². The first-order valence-corrected chi connectivity index (χ1v) is 10.6. The van der Waals surface area contributed by atoms with Gasteiger partial charge in [0.15, 0.2) is 17.5 Å².